The number of carboxylic acid groups (broad SMARTS) is 1. The van der Waals surface area contributed by atoms with Crippen LogP contribution in [0, 0.1) is 37.5 Å². The first-order valence-corrected chi connectivity index (χ1v) is 16.2. The largest absolute Gasteiger partial charge is 0.488 e. The molecule has 0 aliphatic rings. The van der Waals surface area contributed by atoms with Crippen LogP contribution in [0.25, 0.3) is 11.1 Å². The minimum atomic E-state index is -4.95. The van der Waals surface area contributed by atoms with Crippen LogP contribution in [0.5, 0.6) is 17.2 Å². The van der Waals surface area contributed by atoms with E-state index in [4.69, 9.17) is 32.2 Å². The van der Waals surface area contributed by atoms with Gasteiger partial charge in [0.05, 0.1) is 10.6 Å². The van der Waals surface area contributed by atoms with Gasteiger partial charge in [-0.2, -0.15) is 18.0 Å². The fourth-order valence-corrected chi connectivity index (χ4v) is 5.94. The Hall–Kier alpha value is -5.11. The molecular formula is C35H32ClN3O8S. The third-order valence-corrected chi connectivity index (χ3v) is 8.89. The summed E-state index contributed by atoms with van der Waals surface area (Å²) in [5.74, 6) is 2.00. The minimum Gasteiger partial charge on any atom is -0.488 e. The van der Waals surface area contributed by atoms with Gasteiger partial charge in [-0.15, -0.1) is 6.42 Å². The number of aliphatic carboxylic acids is 1. The highest BCUT2D eigenvalue weighted by Crippen LogP contribution is 2.37. The number of carboxylic acids is 1. The van der Waals surface area contributed by atoms with Gasteiger partial charge in [-0.25, -0.2) is 0 Å². The Morgan fingerprint density at radius 3 is 2.33 bits per heavy atom. The number of rotatable bonds is 14. The van der Waals surface area contributed by atoms with E-state index >= 15 is 0 Å². The number of benzene rings is 3. The van der Waals surface area contributed by atoms with Crippen LogP contribution in [0.15, 0.2) is 67.0 Å². The highest BCUT2D eigenvalue weighted by molar-refractivity contribution is 7.83. The number of carbonyl (C=O) groups is 1. The molecule has 48 heavy (non-hydrogen) atoms. The van der Waals surface area contributed by atoms with E-state index in [1.807, 2.05) is 56.3 Å². The fourth-order valence-electron chi connectivity index (χ4n) is 4.91. The Balaban J connectivity index is 1.67. The zero-order valence-corrected chi connectivity index (χ0v) is 27.9. The average molecular weight is 690 g/mol. The van der Waals surface area contributed by atoms with Crippen LogP contribution in [0.4, 0.5) is 0 Å². The summed E-state index contributed by atoms with van der Waals surface area (Å²) in [5, 5.41) is 18.8. The van der Waals surface area contributed by atoms with Gasteiger partial charge in [0.1, 0.15) is 49.2 Å². The van der Waals surface area contributed by atoms with E-state index in [0.29, 0.717) is 21.2 Å². The second kappa shape index (κ2) is 15.7. The third kappa shape index (κ3) is 8.62. The van der Waals surface area contributed by atoms with Crippen molar-refractivity contribution < 1.29 is 37.1 Å². The molecule has 0 saturated carbocycles. The second-order valence-electron chi connectivity index (χ2n) is 10.7. The first-order valence-electron chi connectivity index (χ1n) is 14.5. The standard InChI is InChI=1S/C35H32ClN3O8S/c1-5-12-45-32-11-7-10-30(23(32)3)29-9-6-8-27(22(29)2)21-47-34-15-33(46-20-26-13-25(16-37)17-38-18-26)28(14-31(34)36)19-39(48(42,43)44)24(4)35(40)41/h1,6-11,13-15,17-18,24H,12,19-21H2,2-4H3,(H,40,41)(H,42,43,44)/t24-/m0/s1. The Bertz CT molecular complexity index is 2020. The zero-order valence-electron chi connectivity index (χ0n) is 26.3. The normalized spacial score (nSPS) is 11.8. The SMILES string of the molecule is C#CCOc1cccc(-c2cccc(COc3cc(OCc4cncc(C#N)c4)c(CN([C@@H](C)C(=O)O)S(=O)(=O)O)cc3Cl)c2C)c1C. The van der Waals surface area contributed by atoms with Gasteiger partial charge in [0, 0.05) is 36.1 Å². The minimum absolute atomic E-state index is 0.0818. The van der Waals surface area contributed by atoms with Crippen LogP contribution in [-0.2, 0) is 34.9 Å². The summed E-state index contributed by atoms with van der Waals surface area (Å²) in [4.78, 5) is 15.7. The predicted molar refractivity (Wildman–Crippen MR) is 179 cm³/mol. The molecule has 0 unspecified atom stereocenters. The molecule has 3 aromatic carbocycles. The molecule has 0 bridgehead atoms. The van der Waals surface area contributed by atoms with Gasteiger partial charge < -0.3 is 19.3 Å². The Morgan fingerprint density at radius 1 is 0.979 bits per heavy atom. The van der Waals surface area contributed by atoms with Gasteiger partial charge in [-0.05, 0) is 66.8 Å². The van der Waals surface area contributed by atoms with Crippen molar-refractivity contribution in [1.29, 1.82) is 5.26 Å². The summed E-state index contributed by atoms with van der Waals surface area (Å²) in [7, 11) is -4.95. The average Bonchev–Trinajstić information content (AvgIpc) is 3.05. The molecule has 0 amide bonds. The number of nitriles is 1. The van der Waals surface area contributed by atoms with Crippen molar-refractivity contribution in [1.82, 2.24) is 9.29 Å². The van der Waals surface area contributed by atoms with Crippen molar-refractivity contribution in [3.8, 4) is 46.8 Å². The molecule has 11 nitrogen and oxygen atoms in total. The van der Waals surface area contributed by atoms with Crippen molar-refractivity contribution in [2.75, 3.05) is 6.61 Å². The number of terminal acetylenes is 1. The van der Waals surface area contributed by atoms with Crippen LogP contribution in [0.1, 0.15) is 40.3 Å². The fraction of sp³-hybridized carbons (Fsp3) is 0.229. The highest BCUT2D eigenvalue weighted by Gasteiger charge is 2.31. The summed E-state index contributed by atoms with van der Waals surface area (Å²) >= 11 is 6.61. The van der Waals surface area contributed by atoms with Crippen LogP contribution in [0.2, 0.25) is 5.02 Å². The molecule has 0 aliphatic carbocycles. The lowest BCUT2D eigenvalue weighted by molar-refractivity contribution is -0.141. The monoisotopic (exact) mass is 689 g/mol. The molecule has 1 heterocycles. The molecule has 4 aromatic rings. The van der Waals surface area contributed by atoms with Crippen molar-refractivity contribution in [2.45, 2.75) is 46.6 Å². The highest BCUT2D eigenvalue weighted by atomic mass is 35.5. The lowest BCUT2D eigenvalue weighted by Gasteiger charge is -2.24. The van der Waals surface area contributed by atoms with Crippen molar-refractivity contribution >= 4 is 27.9 Å². The maximum Gasteiger partial charge on any atom is 0.337 e. The van der Waals surface area contributed by atoms with Gasteiger partial charge in [0.15, 0.2) is 0 Å². The lowest BCUT2D eigenvalue weighted by atomic mass is 9.93. The molecule has 0 aliphatic heterocycles. The number of hydrogen-bond acceptors (Lipinski definition) is 8. The van der Waals surface area contributed by atoms with E-state index in [9.17, 15) is 28.1 Å². The van der Waals surface area contributed by atoms with Gasteiger partial charge >= 0.3 is 16.3 Å². The van der Waals surface area contributed by atoms with Crippen LogP contribution in [-0.4, -0.2) is 46.0 Å². The van der Waals surface area contributed by atoms with Gasteiger partial charge in [0.2, 0.25) is 0 Å². The van der Waals surface area contributed by atoms with E-state index in [0.717, 1.165) is 34.7 Å². The molecule has 4 rings (SSSR count). The summed E-state index contributed by atoms with van der Waals surface area (Å²) in [6.45, 7) is 4.64. The molecule has 0 spiro atoms. The predicted octanol–water partition coefficient (Wildman–Crippen LogP) is 6.14. The maximum atomic E-state index is 12.2. The summed E-state index contributed by atoms with van der Waals surface area (Å²) in [6, 6.07) is 16.4. The number of hydrogen-bond donors (Lipinski definition) is 2. The van der Waals surface area contributed by atoms with E-state index in [-0.39, 0.29) is 41.9 Å². The molecule has 248 valence electrons. The number of aromatic nitrogens is 1. The smallest absolute Gasteiger partial charge is 0.337 e. The number of halogens is 1. The van der Waals surface area contributed by atoms with Gasteiger partial charge in [0.25, 0.3) is 0 Å². The van der Waals surface area contributed by atoms with Crippen LogP contribution < -0.4 is 14.2 Å². The van der Waals surface area contributed by atoms with Crippen LogP contribution >= 0.6 is 11.6 Å². The van der Waals surface area contributed by atoms with E-state index in [1.54, 1.807) is 6.07 Å². The maximum absolute atomic E-state index is 12.2. The Morgan fingerprint density at radius 2 is 1.67 bits per heavy atom. The first-order chi connectivity index (χ1) is 22.8. The topological polar surface area (TPSA) is 159 Å². The second-order valence-corrected chi connectivity index (χ2v) is 12.5. The van der Waals surface area contributed by atoms with Gasteiger partial charge in [-0.3, -0.25) is 14.3 Å². The molecule has 13 heteroatoms. The quantitative estimate of drug-likeness (QED) is 0.116. The van der Waals surface area contributed by atoms with Crippen molar-refractivity contribution in [3.05, 3.63) is 105 Å². The first kappa shape index (κ1) is 35.7. The number of ether oxygens (including phenoxy) is 3. The molecular weight excluding hydrogens is 658 g/mol. The van der Waals surface area contributed by atoms with E-state index in [2.05, 4.69) is 10.9 Å². The third-order valence-electron chi connectivity index (χ3n) is 7.56. The molecule has 2 N–H and O–H groups in total. The molecule has 0 radical (unpaired) electrons. The summed E-state index contributed by atoms with van der Waals surface area (Å²) in [5.41, 5.74) is 5.69. The van der Waals surface area contributed by atoms with E-state index in [1.165, 1.54) is 24.5 Å². The lowest BCUT2D eigenvalue weighted by Crippen LogP contribution is -2.42. The van der Waals surface area contributed by atoms with Gasteiger partial charge in [-0.1, -0.05) is 47.9 Å². The van der Waals surface area contributed by atoms with Crippen LogP contribution in [0.3, 0.4) is 0 Å². The number of pyridine rings is 1. The van der Waals surface area contributed by atoms with Crippen molar-refractivity contribution in [2.24, 2.45) is 0 Å². The Labute approximate surface area is 284 Å². The molecule has 1 atom stereocenters. The molecule has 1 aromatic heterocycles. The summed E-state index contributed by atoms with van der Waals surface area (Å²) < 4.78 is 52.4. The molecule has 0 fully saturated rings. The molecule has 0 saturated heterocycles. The van der Waals surface area contributed by atoms with Crippen molar-refractivity contribution in [3.63, 3.8) is 0 Å². The number of nitrogens with zero attached hydrogens (tertiary/aromatic N) is 3. The van der Waals surface area contributed by atoms with E-state index < -0.39 is 28.9 Å². The zero-order chi connectivity index (χ0) is 35.0. The Kier molecular flexibility index (Phi) is 11.7. The summed E-state index contributed by atoms with van der Waals surface area (Å²) in [6.07, 6.45) is 8.26.